The van der Waals surface area contributed by atoms with E-state index in [1.165, 1.54) is 30.4 Å². The van der Waals surface area contributed by atoms with Crippen molar-refractivity contribution in [2.45, 2.75) is 32.1 Å². The first kappa shape index (κ1) is 10.3. The Morgan fingerprint density at radius 1 is 1.07 bits per heavy atom. The molecule has 0 saturated heterocycles. The van der Waals surface area contributed by atoms with Crippen LogP contribution in [-0.2, 0) is 12.8 Å². The lowest BCUT2D eigenvalue weighted by atomic mass is 10.0. The van der Waals surface area contributed by atoms with Crippen LogP contribution in [0.5, 0.6) is 5.75 Å². The Labute approximate surface area is 91.5 Å². The van der Waals surface area contributed by atoms with Crippen LogP contribution in [0.2, 0.25) is 0 Å². The molecule has 0 amide bonds. The fourth-order valence-corrected chi connectivity index (χ4v) is 2.33. The summed E-state index contributed by atoms with van der Waals surface area (Å²) in [6.07, 6.45) is 5.90. The fraction of sp³-hybridized carbons (Fsp3) is 0.538. The number of phenols is 1. The minimum Gasteiger partial charge on any atom is -0.505 e. The van der Waals surface area contributed by atoms with Gasteiger partial charge in [0.25, 0.3) is 0 Å². The molecule has 0 spiro atoms. The predicted octanol–water partition coefficient (Wildman–Crippen LogP) is 2.73. The van der Waals surface area contributed by atoms with Crippen molar-refractivity contribution in [2.75, 3.05) is 19.0 Å². The third-order valence-electron chi connectivity index (χ3n) is 3.21. The average Bonchev–Trinajstić information content (AvgIpc) is 2.43. The van der Waals surface area contributed by atoms with Gasteiger partial charge in [-0.3, -0.25) is 0 Å². The third kappa shape index (κ3) is 1.94. The number of benzene rings is 1. The van der Waals surface area contributed by atoms with Crippen molar-refractivity contribution in [3.05, 3.63) is 23.3 Å². The van der Waals surface area contributed by atoms with Gasteiger partial charge in [-0.2, -0.15) is 0 Å². The Balaban J connectivity index is 2.46. The summed E-state index contributed by atoms with van der Waals surface area (Å²) in [5.41, 5.74) is 3.46. The molecule has 0 atom stereocenters. The van der Waals surface area contributed by atoms with Crippen molar-refractivity contribution in [3.8, 4) is 5.75 Å². The van der Waals surface area contributed by atoms with Gasteiger partial charge >= 0.3 is 0 Å². The Morgan fingerprint density at radius 2 is 1.80 bits per heavy atom. The summed E-state index contributed by atoms with van der Waals surface area (Å²) in [5.74, 6) is 0.499. The molecule has 82 valence electrons. The van der Waals surface area contributed by atoms with Crippen molar-refractivity contribution >= 4 is 5.69 Å². The molecule has 2 rings (SSSR count). The van der Waals surface area contributed by atoms with E-state index in [0.717, 1.165) is 18.5 Å². The summed E-state index contributed by atoms with van der Waals surface area (Å²) >= 11 is 0. The maximum atomic E-state index is 10.2. The van der Waals surface area contributed by atoms with Crippen LogP contribution in [-0.4, -0.2) is 19.2 Å². The van der Waals surface area contributed by atoms with Crippen LogP contribution in [0.4, 0.5) is 5.69 Å². The zero-order valence-corrected chi connectivity index (χ0v) is 9.58. The van der Waals surface area contributed by atoms with Crippen LogP contribution in [0.25, 0.3) is 0 Å². The number of aromatic hydroxyl groups is 1. The van der Waals surface area contributed by atoms with Gasteiger partial charge in [0.1, 0.15) is 5.75 Å². The molecule has 0 saturated carbocycles. The standard InChI is InChI=1S/C13H19NO/c1-14(2)12-9-8-10-6-4-3-5-7-11(10)13(12)15/h8-9,15H,3-7H2,1-2H3. The van der Waals surface area contributed by atoms with E-state index in [1.807, 2.05) is 25.1 Å². The highest BCUT2D eigenvalue weighted by Crippen LogP contribution is 2.35. The number of anilines is 1. The van der Waals surface area contributed by atoms with Crippen molar-refractivity contribution in [3.63, 3.8) is 0 Å². The first-order chi connectivity index (χ1) is 7.20. The highest BCUT2D eigenvalue weighted by atomic mass is 16.3. The topological polar surface area (TPSA) is 23.5 Å². The van der Waals surface area contributed by atoms with E-state index < -0.39 is 0 Å². The Kier molecular flexibility index (Phi) is 2.85. The molecular weight excluding hydrogens is 186 g/mol. The molecule has 0 radical (unpaired) electrons. The van der Waals surface area contributed by atoms with E-state index in [9.17, 15) is 5.11 Å². The Bertz CT molecular complexity index is 358. The first-order valence-electron chi connectivity index (χ1n) is 5.71. The van der Waals surface area contributed by atoms with Gasteiger partial charge in [-0.15, -0.1) is 0 Å². The van der Waals surface area contributed by atoms with Crippen LogP contribution in [0, 0.1) is 0 Å². The fourth-order valence-electron chi connectivity index (χ4n) is 2.33. The van der Waals surface area contributed by atoms with Gasteiger partial charge in [0.05, 0.1) is 5.69 Å². The molecule has 0 aliphatic heterocycles. The summed E-state index contributed by atoms with van der Waals surface area (Å²) < 4.78 is 0. The Hall–Kier alpha value is -1.18. The summed E-state index contributed by atoms with van der Waals surface area (Å²) in [6.45, 7) is 0. The van der Waals surface area contributed by atoms with E-state index in [2.05, 4.69) is 6.07 Å². The van der Waals surface area contributed by atoms with Crippen molar-refractivity contribution in [2.24, 2.45) is 0 Å². The largest absolute Gasteiger partial charge is 0.505 e. The number of rotatable bonds is 1. The maximum absolute atomic E-state index is 10.2. The molecule has 15 heavy (non-hydrogen) atoms. The second-order valence-electron chi connectivity index (χ2n) is 4.53. The van der Waals surface area contributed by atoms with Crippen molar-refractivity contribution in [1.29, 1.82) is 0 Å². The number of aryl methyl sites for hydroxylation is 1. The lowest BCUT2D eigenvalue weighted by molar-refractivity contribution is 0.467. The van der Waals surface area contributed by atoms with Gasteiger partial charge in [-0.05, 0) is 42.9 Å². The monoisotopic (exact) mass is 205 g/mol. The third-order valence-corrected chi connectivity index (χ3v) is 3.21. The van der Waals surface area contributed by atoms with Gasteiger partial charge in [0, 0.05) is 14.1 Å². The molecule has 0 unspecified atom stereocenters. The number of fused-ring (bicyclic) bond motifs is 1. The summed E-state index contributed by atoms with van der Waals surface area (Å²) in [5, 5.41) is 10.2. The molecule has 2 nitrogen and oxygen atoms in total. The van der Waals surface area contributed by atoms with E-state index in [0.29, 0.717) is 5.75 Å². The van der Waals surface area contributed by atoms with E-state index in [4.69, 9.17) is 0 Å². The molecular formula is C13H19NO. The normalized spacial score (nSPS) is 15.6. The molecule has 1 N–H and O–H groups in total. The highest BCUT2D eigenvalue weighted by molar-refractivity contribution is 5.62. The van der Waals surface area contributed by atoms with Crippen LogP contribution in [0.1, 0.15) is 30.4 Å². The molecule has 1 aliphatic carbocycles. The second kappa shape index (κ2) is 4.13. The second-order valence-corrected chi connectivity index (χ2v) is 4.53. The summed E-state index contributed by atoms with van der Waals surface area (Å²) in [4.78, 5) is 1.97. The van der Waals surface area contributed by atoms with Crippen molar-refractivity contribution < 1.29 is 5.11 Å². The van der Waals surface area contributed by atoms with Gasteiger partial charge in [-0.1, -0.05) is 12.5 Å². The number of hydrogen-bond acceptors (Lipinski definition) is 2. The Morgan fingerprint density at radius 3 is 2.53 bits per heavy atom. The van der Waals surface area contributed by atoms with Gasteiger partial charge in [-0.25, -0.2) is 0 Å². The maximum Gasteiger partial charge on any atom is 0.142 e. The molecule has 0 aromatic heterocycles. The molecule has 1 aromatic carbocycles. The average molecular weight is 205 g/mol. The predicted molar refractivity (Wildman–Crippen MR) is 63.7 cm³/mol. The number of phenolic OH excluding ortho intramolecular Hbond substituents is 1. The molecule has 2 heteroatoms. The van der Waals surface area contributed by atoms with E-state index in [-0.39, 0.29) is 0 Å². The molecule has 0 bridgehead atoms. The highest BCUT2D eigenvalue weighted by Gasteiger charge is 2.15. The smallest absolute Gasteiger partial charge is 0.142 e. The van der Waals surface area contributed by atoms with Crippen LogP contribution >= 0.6 is 0 Å². The summed E-state index contributed by atoms with van der Waals surface area (Å²) in [7, 11) is 3.94. The quantitative estimate of drug-likeness (QED) is 0.713. The zero-order valence-electron chi connectivity index (χ0n) is 9.58. The van der Waals surface area contributed by atoms with Crippen LogP contribution < -0.4 is 4.90 Å². The molecule has 0 heterocycles. The molecule has 1 aliphatic rings. The SMILES string of the molecule is CN(C)c1ccc2c(c1O)CCCCC2. The number of hydrogen-bond donors (Lipinski definition) is 1. The summed E-state index contributed by atoms with van der Waals surface area (Å²) in [6, 6.07) is 4.20. The first-order valence-corrected chi connectivity index (χ1v) is 5.71. The van der Waals surface area contributed by atoms with Crippen LogP contribution in [0.15, 0.2) is 12.1 Å². The van der Waals surface area contributed by atoms with Gasteiger partial charge < -0.3 is 10.0 Å². The minimum absolute atomic E-state index is 0.499. The van der Waals surface area contributed by atoms with E-state index in [1.54, 1.807) is 0 Å². The zero-order chi connectivity index (χ0) is 10.8. The van der Waals surface area contributed by atoms with Crippen molar-refractivity contribution in [1.82, 2.24) is 0 Å². The van der Waals surface area contributed by atoms with Crippen LogP contribution in [0.3, 0.4) is 0 Å². The molecule has 0 fully saturated rings. The lowest BCUT2D eigenvalue weighted by Gasteiger charge is -2.18. The molecule has 1 aromatic rings. The number of nitrogens with zero attached hydrogens (tertiary/aromatic N) is 1. The van der Waals surface area contributed by atoms with Gasteiger partial charge in [0.2, 0.25) is 0 Å². The lowest BCUT2D eigenvalue weighted by Crippen LogP contribution is -2.10. The minimum atomic E-state index is 0.499. The van der Waals surface area contributed by atoms with E-state index >= 15 is 0 Å². The van der Waals surface area contributed by atoms with Gasteiger partial charge in [0.15, 0.2) is 0 Å².